The number of hydrogen-bond acceptors (Lipinski definition) is 4. The fourth-order valence-corrected chi connectivity index (χ4v) is 4.54. The highest BCUT2D eigenvalue weighted by Crippen LogP contribution is 2.30. The lowest BCUT2D eigenvalue weighted by molar-refractivity contribution is 0.297. The van der Waals surface area contributed by atoms with E-state index in [0.717, 1.165) is 30.4 Å². The Bertz CT molecular complexity index is 792. The molecular formula is C20H32IN3O3S. The molecule has 158 valence electrons. The van der Waals surface area contributed by atoms with Crippen LogP contribution in [0.1, 0.15) is 39.2 Å². The highest BCUT2D eigenvalue weighted by molar-refractivity contribution is 14.0. The number of nitrogens with zero attached hydrogens (tertiary/aromatic N) is 2. The van der Waals surface area contributed by atoms with E-state index in [1.165, 1.54) is 12.8 Å². The quantitative estimate of drug-likeness (QED) is 0.354. The van der Waals surface area contributed by atoms with Gasteiger partial charge in [-0.3, -0.25) is 0 Å². The van der Waals surface area contributed by atoms with E-state index in [0.29, 0.717) is 25.6 Å². The van der Waals surface area contributed by atoms with Gasteiger partial charge in [0.05, 0.1) is 23.7 Å². The van der Waals surface area contributed by atoms with Crippen LogP contribution < -0.4 is 10.1 Å². The van der Waals surface area contributed by atoms with E-state index < -0.39 is 14.6 Å². The molecule has 1 heterocycles. The maximum atomic E-state index is 12.3. The second kappa shape index (κ2) is 9.65. The Morgan fingerprint density at radius 1 is 1.32 bits per heavy atom. The fraction of sp³-hybridized carbons (Fsp3) is 0.650. The molecule has 1 saturated carbocycles. The molecule has 0 bridgehead atoms. The molecule has 0 atom stereocenters. The summed E-state index contributed by atoms with van der Waals surface area (Å²) in [6.07, 6.45) is 2.52. The first-order chi connectivity index (χ1) is 12.8. The van der Waals surface area contributed by atoms with Gasteiger partial charge in [-0.2, -0.15) is 0 Å². The van der Waals surface area contributed by atoms with Crippen molar-refractivity contribution in [2.45, 2.75) is 44.9 Å². The van der Waals surface area contributed by atoms with Gasteiger partial charge in [-0.25, -0.2) is 13.4 Å². The minimum absolute atomic E-state index is 0. The van der Waals surface area contributed by atoms with Crippen molar-refractivity contribution < 1.29 is 13.2 Å². The van der Waals surface area contributed by atoms with E-state index in [4.69, 9.17) is 9.73 Å². The lowest BCUT2D eigenvalue weighted by atomic mass is 10.2. The van der Waals surface area contributed by atoms with Crippen molar-refractivity contribution in [3.63, 3.8) is 0 Å². The van der Waals surface area contributed by atoms with E-state index in [1.807, 2.05) is 31.2 Å². The molecule has 8 heteroatoms. The molecule has 1 N–H and O–H groups in total. The van der Waals surface area contributed by atoms with Gasteiger partial charge in [0.25, 0.3) is 0 Å². The van der Waals surface area contributed by atoms with E-state index in [9.17, 15) is 8.42 Å². The van der Waals surface area contributed by atoms with Crippen molar-refractivity contribution in [3.8, 4) is 5.75 Å². The summed E-state index contributed by atoms with van der Waals surface area (Å²) in [6.45, 7) is 8.54. The van der Waals surface area contributed by atoms with Crippen molar-refractivity contribution in [2.75, 3.05) is 32.0 Å². The molecule has 3 rings (SSSR count). The molecule has 0 spiro atoms. The zero-order valence-electron chi connectivity index (χ0n) is 17.0. The number of sulfone groups is 1. The van der Waals surface area contributed by atoms with Crippen molar-refractivity contribution in [1.82, 2.24) is 10.2 Å². The standard InChI is InChI=1S/C20H31N3O3S.HI/c1-4-21-19(23-11-12-27(24,25)20(2,3)15-23)22-13-17-7-5-6-8-18(17)26-14-16-9-10-16;/h5-8,16H,4,9-15H2,1-3H3,(H,21,22);1H. The molecule has 2 aliphatic rings. The molecule has 0 amide bonds. The maximum absolute atomic E-state index is 12.3. The Balaban J connectivity index is 0.00000280. The molecule has 1 aromatic carbocycles. The predicted molar refractivity (Wildman–Crippen MR) is 124 cm³/mol. The Labute approximate surface area is 186 Å². The average molecular weight is 521 g/mol. The van der Waals surface area contributed by atoms with Crippen LogP contribution in [0, 0.1) is 5.92 Å². The van der Waals surface area contributed by atoms with Gasteiger partial charge in [0.15, 0.2) is 15.8 Å². The molecule has 1 aliphatic carbocycles. The molecule has 0 radical (unpaired) electrons. The second-order valence-electron chi connectivity index (χ2n) is 8.03. The normalized spacial score (nSPS) is 21.0. The number of aliphatic imine (C=N–C) groups is 1. The average Bonchev–Trinajstić information content (AvgIpc) is 3.44. The smallest absolute Gasteiger partial charge is 0.194 e. The fourth-order valence-electron chi connectivity index (χ4n) is 3.18. The number of hydrogen-bond donors (Lipinski definition) is 1. The molecule has 2 fully saturated rings. The molecule has 0 aromatic heterocycles. The zero-order valence-corrected chi connectivity index (χ0v) is 20.1. The highest BCUT2D eigenvalue weighted by Gasteiger charge is 2.40. The largest absolute Gasteiger partial charge is 0.493 e. The molecule has 0 unspecified atom stereocenters. The van der Waals surface area contributed by atoms with E-state index in [-0.39, 0.29) is 29.7 Å². The van der Waals surface area contributed by atoms with Gasteiger partial charge in [0.2, 0.25) is 0 Å². The van der Waals surface area contributed by atoms with Crippen molar-refractivity contribution in [1.29, 1.82) is 0 Å². The number of ether oxygens (including phenoxy) is 1. The van der Waals surface area contributed by atoms with Crippen molar-refractivity contribution in [3.05, 3.63) is 29.8 Å². The summed E-state index contributed by atoms with van der Waals surface area (Å²) in [5, 5.41) is 3.31. The van der Waals surface area contributed by atoms with Gasteiger partial charge in [-0.05, 0) is 45.6 Å². The van der Waals surface area contributed by atoms with Crippen LogP contribution in [-0.4, -0.2) is 56.0 Å². The Morgan fingerprint density at radius 3 is 2.68 bits per heavy atom. The number of para-hydroxylation sites is 1. The first kappa shape index (κ1) is 23.3. The van der Waals surface area contributed by atoms with Crippen LogP contribution in [0.25, 0.3) is 0 Å². The third-order valence-electron chi connectivity index (χ3n) is 5.22. The van der Waals surface area contributed by atoms with Crippen molar-refractivity contribution >= 4 is 39.8 Å². The van der Waals surface area contributed by atoms with Gasteiger partial charge in [-0.15, -0.1) is 24.0 Å². The summed E-state index contributed by atoms with van der Waals surface area (Å²) in [4.78, 5) is 6.83. The number of benzene rings is 1. The zero-order chi connectivity index (χ0) is 19.5. The SMILES string of the molecule is CCNC(=NCc1ccccc1OCC1CC1)N1CCS(=O)(=O)C(C)(C)C1.I. The predicted octanol–water partition coefficient (Wildman–Crippen LogP) is 3.07. The van der Waals surface area contributed by atoms with Crippen LogP contribution in [0.2, 0.25) is 0 Å². The summed E-state index contributed by atoms with van der Waals surface area (Å²) in [6, 6.07) is 8.02. The molecule has 1 aliphatic heterocycles. The summed E-state index contributed by atoms with van der Waals surface area (Å²) < 4.78 is 29.8. The lowest BCUT2D eigenvalue weighted by Gasteiger charge is -2.39. The molecule has 1 saturated heterocycles. The van der Waals surface area contributed by atoms with Gasteiger partial charge in [0, 0.05) is 25.2 Å². The Hall–Kier alpha value is -1.03. The van der Waals surface area contributed by atoms with Crippen LogP contribution in [0.5, 0.6) is 5.75 Å². The number of nitrogens with one attached hydrogen (secondary N) is 1. The summed E-state index contributed by atoms with van der Waals surface area (Å²) in [7, 11) is -3.07. The minimum atomic E-state index is -3.07. The van der Waals surface area contributed by atoms with Gasteiger partial charge in [0.1, 0.15) is 5.75 Å². The summed E-state index contributed by atoms with van der Waals surface area (Å²) in [5.74, 6) is 2.52. The molecule has 1 aromatic rings. The molecular weight excluding hydrogens is 489 g/mol. The maximum Gasteiger partial charge on any atom is 0.194 e. The molecule has 28 heavy (non-hydrogen) atoms. The summed E-state index contributed by atoms with van der Waals surface area (Å²) >= 11 is 0. The number of guanidine groups is 1. The number of rotatable bonds is 6. The number of halogens is 1. The first-order valence-corrected chi connectivity index (χ1v) is 11.4. The molecule has 6 nitrogen and oxygen atoms in total. The van der Waals surface area contributed by atoms with Gasteiger partial charge in [-0.1, -0.05) is 18.2 Å². The van der Waals surface area contributed by atoms with Crippen LogP contribution in [0.3, 0.4) is 0 Å². The van der Waals surface area contributed by atoms with E-state index in [2.05, 4.69) is 10.2 Å². The minimum Gasteiger partial charge on any atom is -0.493 e. The van der Waals surface area contributed by atoms with Crippen LogP contribution >= 0.6 is 24.0 Å². The lowest BCUT2D eigenvalue weighted by Crippen LogP contribution is -2.57. The van der Waals surface area contributed by atoms with Crippen LogP contribution in [0.4, 0.5) is 0 Å². The monoisotopic (exact) mass is 521 g/mol. The topological polar surface area (TPSA) is 71.0 Å². The van der Waals surface area contributed by atoms with E-state index >= 15 is 0 Å². The van der Waals surface area contributed by atoms with E-state index in [1.54, 1.807) is 13.8 Å². The third kappa shape index (κ3) is 5.75. The van der Waals surface area contributed by atoms with Crippen LogP contribution in [0.15, 0.2) is 29.3 Å². The third-order valence-corrected chi connectivity index (χ3v) is 7.75. The second-order valence-corrected chi connectivity index (χ2v) is 10.8. The highest BCUT2D eigenvalue weighted by atomic mass is 127. The Kier molecular flexibility index (Phi) is 8.01. The van der Waals surface area contributed by atoms with Gasteiger partial charge >= 0.3 is 0 Å². The van der Waals surface area contributed by atoms with Crippen molar-refractivity contribution in [2.24, 2.45) is 10.9 Å². The van der Waals surface area contributed by atoms with Crippen LogP contribution in [-0.2, 0) is 16.4 Å². The Morgan fingerprint density at radius 2 is 2.04 bits per heavy atom. The summed E-state index contributed by atoms with van der Waals surface area (Å²) in [5.41, 5.74) is 1.05. The van der Waals surface area contributed by atoms with Gasteiger partial charge < -0.3 is 15.0 Å². The first-order valence-electron chi connectivity index (χ1n) is 9.78.